The minimum atomic E-state index is -0.605. The molecule has 0 aliphatic carbocycles. The van der Waals surface area contributed by atoms with E-state index in [1.807, 2.05) is 18.7 Å². The fraction of sp³-hybridized carbons (Fsp3) is 0.400. The molecule has 0 N–H and O–H groups in total. The van der Waals surface area contributed by atoms with Gasteiger partial charge in [0.15, 0.2) is 0 Å². The Kier molecular flexibility index (Phi) is 3.45. The summed E-state index contributed by atoms with van der Waals surface area (Å²) in [5.41, 5.74) is 0.410. The Hall–Kier alpha value is -1.58. The lowest BCUT2D eigenvalue weighted by Gasteiger charge is -2.17. The highest BCUT2D eigenvalue weighted by atomic mass is 16.6. The molecule has 1 heterocycles. The Morgan fingerprint density at radius 2 is 1.93 bits per heavy atom. The Morgan fingerprint density at radius 1 is 1.29 bits per heavy atom. The third-order valence-corrected chi connectivity index (χ3v) is 1.96. The van der Waals surface area contributed by atoms with E-state index < -0.39 is 11.9 Å². The minimum absolute atomic E-state index is 0.410. The normalized spacial score (nSPS) is 18.6. The second kappa shape index (κ2) is 4.60. The Bertz CT molecular complexity index is 300. The molecule has 0 saturated heterocycles. The first-order valence-electron chi connectivity index (χ1n) is 4.57. The predicted molar refractivity (Wildman–Crippen MR) is 51.2 cm³/mol. The van der Waals surface area contributed by atoms with Crippen LogP contribution in [0.3, 0.4) is 0 Å². The maximum absolute atomic E-state index is 11.2. The van der Waals surface area contributed by atoms with Crippen LogP contribution in [0.4, 0.5) is 0 Å². The molecule has 0 amide bonds. The van der Waals surface area contributed by atoms with Crippen LogP contribution >= 0.6 is 0 Å². The zero-order chi connectivity index (χ0) is 10.6. The number of carbonyl (C=O) groups excluding carboxylic acids is 2. The van der Waals surface area contributed by atoms with E-state index >= 15 is 0 Å². The lowest BCUT2D eigenvalue weighted by Crippen LogP contribution is -2.21. The van der Waals surface area contributed by atoms with Crippen molar-refractivity contribution in [3.63, 3.8) is 0 Å². The Morgan fingerprint density at radius 3 is 2.43 bits per heavy atom. The van der Waals surface area contributed by atoms with Gasteiger partial charge in [-0.2, -0.15) is 0 Å². The van der Waals surface area contributed by atoms with Gasteiger partial charge in [0.05, 0.1) is 5.57 Å². The van der Waals surface area contributed by atoms with E-state index in [-0.39, 0.29) is 0 Å². The number of hydrogen-bond donors (Lipinski definition) is 0. The summed E-state index contributed by atoms with van der Waals surface area (Å²) in [5, 5.41) is 0. The van der Waals surface area contributed by atoms with Gasteiger partial charge in [-0.1, -0.05) is 0 Å². The maximum Gasteiger partial charge on any atom is 0.347 e. The Balaban J connectivity index is 2.81. The summed E-state index contributed by atoms with van der Waals surface area (Å²) in [4.78, 5) is 23.8. The third-order valence-electron chi connectivity index (χ3n) is 1.96. The standard InChI is InChI=1S/C10H13NO3/c1-3-11(4-2)7-8-5-6-9(12)14-10(8)13/h5-7H,3-4H2,1-2H3/b8-7-. The number of cyclic esters (lactones) is 2. The molecule has 0 aromatic heterocycles. The minimum Gasteiger partial charge on any atom is -0.386 e. The van der Waals surface area contributed by atoms with Gasteiger partial charge < -0.3 is 9.64 Å². The van der Waals surface area contributed by atoms with Gasteiger partial charge in [0.1, 0.15) is 0 Å². The summed E-state index contributed by atoms with van der Waals surface area (Å²) in [7, 11) is 0. The van der Waals surface area contributed by atoms with Crippen molar-refractivity contribution in [2.45, 2.75) is 13.8 Å². The largest absolute Gasteiger partial charge is 0.386 e. The van der Waals surface area contributed by atoms with Crippen molar-refractivity contribution < 1.29 is 14.3 Å². The topological polar surface area (TPSA) is 46.6 Å². The van der Waals surface area contributed by atoms with Gasteiger partial charge in [-0.05, 0) is 19.9 Å². The summed E-state index contributed by atoms with van der Waals surface area (Å²) < 4.78 is 4.43. The molecule has 76 valence electrons. The zero-order valence-corrected chi connectivity index (χ0v) is 8.32. The lowest BCUT2D eigenvalue weighted by molar-refractivity contribution is -0.153. The smallest absolute Gasteiger partial charge is 0.347 e. The first-order chi connectivity index (χ1) is 6.67. The summed E-state index contributed by atoms with van der Waals surface area (Å²) in [6.45, 7) is 5.61. The van der Waals surface area contributed by atoms with Crippen molar-refractivity contribution in [2.24, 2.45) is 0 Å². The summed E-state index contributed by atoms with van der Waals surface area (Å²) in [6.07, 6.45) is 4.43. The molecule has 0 atom stereocenters. The van der Waals surface area contributed by atoms with E-state index in [1.54, 1.807) is 6.20 Å². The van der Waals surface area contributed by atoms with Crippen molar-refractivity contribution in [2.75, 3.05) is 13.1 Å². The first kappa shape index (κ1) is 10.5. The summed E-state index contributed by atoms with van der Waals surface area (Å²) in [6, 6.07) is 0. The van der Waals surface area contributed by atoms with E-state index in [0.717, 1.165) is 13.1 Å². The molecule has 4 heteroatoms. The zero-order valence-electron chi connectivity index (χ0n) is 8.32. The van der Waals surface area contributed by atoms with E-state index in [4.69, 9.17) is 0 Å². The van der Waals surface area contributed by atoms with Gasteiger partial charge in [0.2, 0.25) is 0 Å². The average Bonchev–Trinajstić information content (AvgIpc) is 2.17. The number of hydrogen-bond acceptors (Lipinski definition) is 4. The monoisotopic (exact) mass is 195 g/mol. The quantitative estimate of drug-likeness (QED) is 0.380. The second-order valence-corrected chi connectivity index (χ2v) is 2.85. The molecule has 0 unspecified atom stereocenters. The van der Waals surface area contributed by atoms with E-state index in [1.165, 1.54) is 12.2 Å². The number of esters is 2. The highest BCUT2D eigenvalue weighted by molar-refractivity contribution is 6.05. The summed E-state index contributed by atoms with van der Waals surface area (Å²) >= 11 is 0. The molecule has 14 heavy (non-hydrogen) atoms. The van der Waals surface area contributed by atoms with Crippen molar-refractivity contribution in [1.82, 2.24) is 4.90 Å². The van der Waals surface area contributed by atoms with Gasteiger partial charge in [-0.15, -0.1) is 0 Å². The molecule has 1 aliphatic rings. The van der Waals surface area contributed by atoms with Gasteiger partial charge in [0.25, 0.3) is 0 Å². The maximum atomic E-state index is 11.2. The highest BCUT2D eigenvalue weighted by Gasteiger charge is 2.17. The van der Waals surface area contributed by atoms with Crippen LogP contribution in [0.1, 0.15) is 13.8 Å². The van der Waals surface area contributed by atoms with E-state index in [2.05, 4.69) is 4.74 Å². The molecule has 0 aromatic carbocycles. The van der Waals surface area contributed by atoms with Gasteiger partial charge in [-0.25, -0.2) is 9.59 Å². The fourth-order valence-electron chi connectivity index (χ4n) is 1.11. The van der Waals surface area contributed by atoms with E-state index in [9.17, 15) is 9.59 Å². The van der Waals surface area contributed by atoms with Crippen LogP contribution in [-0.2, 0) is 14.3 Å². The van der Waals surface area contributed by atoms with Crippen LogP contribution in [0.5, 0.6) is 0 Å². The third kappa shape index (κ3) is 2.45. The van der Waals surface area contributed by atoms with E-state index in [0.29, 0.717) is 5.57 Å². The highest BCUT2D eigenvalue weighted by Crippen LogP contribution is 2.08. The number of rotatable bonds is 3. The van der Waals surface area contributed by atoms with Crippen molar-refractivity contribution in [3.8, 4) is 0 Å². The van der Waals surface area contributed by atoms with Crippen LogP contribution in [0.25, 0.3) is 0 Å². The van der Waals surface area contributed by atoms with Crippen molar-refractivity contribution in [1.29, 1.82) is 0 Å². The van der Waals surface area contributed by atoms with Gasteiger partial charge in [0, 0.05) is 25.4 Å². The van der Waals surface area contributed by atoms with Crippen LogP contribution < -0.4 is 0 Å². The molecule has 0 radical (unpaired) electrons. The van der Waals surface area contributed by atoms with Crippen LogP contribution in [-0.4, -0.2) is 29.9 Å². The van der Waals surface area contributed by atoms with Gasteiger partial charge in [-0.3, -0.25) is 0 Å². The van der Waals surface area contributed by atoms with Gasteiger partial charge >= 0.3 is 11.9 Å². The average molecular weight is 195 g/mol. The van der Waals surface area contributed by atoms with Crippen LogP contribution in [0.15, 0.2) is 23.9 Å². The summed E-state index contributed by atoms with van der Waals surface area (Å²) in [5.74, 6) is -1.18. The molecule has 1 aliphatic heterocycles. The fourth-order valence-corrected chi connectivity index (χ4v) is 1.11. The van der Waals surface area contributed by atoms with Crippen LogP contribution in [0.2, 0.25) is 0 Å². The number of nitrogens with zero attached hydrogens (tertiary/aromatic N) is 1. The molecule has 1 rings (SSSR count). The van der Waals surface area contributed by atoms with Crippen molar-refractivity contribution >= 4 is 11.9 Å². The first-order valence-corrected chi connectivity index (χ1v) is 4.57. The van der Waals surface area contributed by atoms with Crippen molar-refractivity contribution in [3.05, 3.63) is 23.9 Å². The molecule has 0 bridgehead atoms. The SMILES string of the molecule is CCN(/C=C1/C=CC(=O)OC1=O)CC. The molecular weight excluding hydrogens is 182 g/mol. The predicted octanol–water partition coefficient (Wildman–Crippen LogP) is 0.852. The number of carbonyl (C=O) groups is 2. The molecule has 4 nitrogen and oxygen atoms in total. The Labute approximate surface area is 82.8 Å². The molecular formula is C10H13NO3. The number of ether oxygens (including phenoxy) is 1. The van der Waals surface area contributed by atoms with Crippen LogP contribution in [0, 0.1) is 0 Å². The second-order valence-electron chi connectivity index (χ2n) is 2.85. The molecule has 0 spiro atoms. The molecule has 0 saturated carbocycles. The molecule has 0 aromatic rings. The lowest BCUT2D eigenvalue weighted by atomic mass is 10.2. The molecule has 0 fully saturated rings.